The third-order valence-corrected chi connectivity index (χ3v) is 5.85. The van der Waals surface area contributed by atoms with E-state index >= 15 is 4.39 Å². The Kier molecular flexibility index (Phi) is 5.67. The Morgan fingerprint density at radius 2 is 1.62 bits per heavy atom. The summed E-state index contributed by atoms with van der Waals surface area (Å²) in [6.07, 6.45) is -1.59. The van der Waals surface area contributed by atoms with Crippen molar-refractivity contribution >= 4 is 11.2 Å². The van der Waals surface area contributed by atoms with E-state index in [-0.39, 0.29) is 44.9 Å². The maximum Gasteiger partial charge on any atom is 0.416 e. The van der Waals surface area contributed by atoms with E-state index in [4.69, 9.17) is 5.26 Å². The third-order valence-electron chi connectivity index (χ3n) is 5.85. The summed E-state index contributed by atoms with van der Waals surface area (Å²) < 4.78 is 58.1. The fourth-order valence-corrected chi connectivity index (χ4v) is 3.86. The Bertz CT molecular complexity index is 1730. The lowest BCUT2D eigenvalue weighted by molar-refractivity contribution is -0.137. The quantitative estimate of drug-likeness (QED) is 0.289. The van der Waals surface area contributed by atoms with Crippen molar-refractivity contribution in [2.45, 2.75) is 20.0 Å². The number of nitrogens with zero attached hydrogens (tertiary/aromatic N) is 7. The summed E-state index contributed by atoms with van der Waals surface area (Å²) in [5, 5.41) is 13.2. The van der Waals surface area contributed by atoms with E-state index in [2.05, 4.69) is 25.0 Å². The highest BCUT2D eigenvalue weighted by Crippen LogP contribution is 2.37. The largest absolute Gasteiger partial charge is 0.416 e. The fourth-order valence-electron chi connectivity index (χ4n) is 3.86. The highest BCUT2D eigenvalue weighted by atomic mass is 19.4. The molecule has 0 aliphatic carbocycles. The van der Waals surface area contributed by atoms with Crippen molar-refractivity contribution in [2.75, 3.05) is 0 Å². The van der Waals surface area contributed by atoms with Crippen molar-refractivity contribution in [3.05, 3.63) is 77.1 Å². The molecule has 0 unspecified atom stereocenters. The van der Waals surface area contributed by atoms with Crippen molar-refractivity contribution in [3.8, 4) is 39.8 Å². The lowest BCUT2D eigenvalue weighted by atomic mass is 10.0. The van der Waals surface area contributed by atoms with Gasteiger partial charge in [-0.3, -0.25) is 4.68 Å². The van der Waals surface area contributed by atoms with Gasteiger partial charge in [0.05, 0.1) is 34.8 Å². The highest BCUT2D eigenvalue weighted by molar-refractivity contribution is 5.89. The lowest BCUT2D eigenvalue weighted by Gasteiger charge is -2.13. The molecule has 3 aromatic heterocycles. The zero-order valence-electron chi connectivity index (χ0n) is 19.8. The van der Waals surface area contributed by atoms with Crippen LogP contribution in [0.15, 0.2) is 48.8 Å². The first-order valence-corrected chi connectivity index (χ1v) is 11.0. The Labute approximate surface area is 208 Å². The number of nitriles is 1. The van der Waals surface area contributed by atoms with Crippen LogP contribution in [0.5, 0.6) is 0 Å². The number of fused-ring (bicyclic) bond motifs is 1. The second-order valence-corrected chi connectivity index (χ2v) is 8.47. The first-order chi connectivity index (χ1) is 17.5. The van der Waals surface area contributed by atoms with Crippen LogP contribution in [0.1, 0.15) is 22.5 Å². The second-order valence-electron chi connectivity index (χ2n) is 8.47. The second kappa shape index (κ2) is 8.74. The minimum absolute atomic E-state index is 0.0182. The molecule has 0 bridgehead atoms. The first-order valence-electron chi connectivity index (χ1n) is 11.0. The molecule has 0 spiro atoms. The van der Waals surface area contributed by atoms with E-state index in [1.807, 2.05) is 6.07 Å². The predicted octanol–water partition coefficient (Wildman–Crippen LogP) is 5.80. The minimum atomic E-state index is -4.64. The van der Waals surface area contributed by atoms with E-state index in [1.54, 1.807) is 27.1 Å². The van der Waals surface area contributed by atoms with Crippen LogP contribution < -0.4 is 0 Å². The van der Waals surface area contributed by atoms with Gasteiger partial charge in [0.15, 0.2) is 11.5 Å². The molecule has 5 rings (SSSR count). The zero-order valence-corrected chi connectivity index (χ0v) is 19.8. The summed E-state index contributed by atoms with van der Waals surface area (Å²) in [6, 6.07) is 9.20. The molecule has 0 amide bonds. The standard InChI is InChI=1S/C26H17F4N7/c1-13-14(2)34-25-23(33-13)22(20-5-4-15(10-31)6-21(20)27)35-24(36-25)17-7-16(18-11-32-37(3)12-18)8-19(9-17)26(28,29)30/h4-9,11-12H,1-3H3. The van der Waals surface area contributed by atoms with Crippen LogP contribution in [-0.2, 0) is 13.2 Å². The highest BCUT2D eigenvalue weighted by Gasteiger charge is 2.32. The van der Waals surface area contributed by atoms with E-state index in [0.29, 0.717) is 17.0 Å². The molecule has 0 aliphatic rings. The van der Waals surface area contributed by atoms with E-state index in [0.717, 1.165) is 18.2 Å². The van der Waals surface area contributed by atoms with Crippen molar-refractivity contribution in [2.24, 2.45) is 7.05 Å². The molecule has 0 saturated heterocycles. The molecular formula is C26H17F4N7. The number of hydrogen-bond donors (Lipinski definition) is 0. The van der Waals surface area contributed by atoms with Gasteiger partial charge in [-0.15, -0.1) is 0 Å². The van der Waals surface area contributed by atoms with Crippen LogP contribution in [-0.4, -0.2) is 29.7 Å². The summed E-state index contributed by atoms with van der Waals surface area (Å²) in [6.45, 7) is 3.44. The van der Waals surface area contributed by atoms with Gasteiger partial charge in [-0.25, -0.2) is 24.3 Å². The van der Waals surface area contributed by atoms with Crippen LogP contribution in [0.4, 0.5) is 17.6 Å². The van der Waals surface area contributed by atoms with Gasteiger partial charge >= 0.3 is 6.18 Å². The van der Waals surface area contributed by atoms with Crippen LogP contribution >= 0.6 is 0 Å². The molecule has 11 heteroatoms. The molecular weight excluding hydrogens is 486 g/mol. The Balaban J connectivity index is 1.81. The van der Waals surface area contributed by atoms with Crippen LogP contribution in [0.3, 0.4) is 0 Å². The first kappa shape index (κ1) is 24.0. The molecule has 5 aromatic rings. The number of aromatic nitrogens is 6. The minimum Gasteiger partial charge on any atom is -0.275 e. The Morgan fingerprint density at radius 3 is 2.27 bits per heavy atom. The van der Waals surface area contributed by atoms with Gasteiger partial charge in [-0.2, -0.15) is 23.5 Å². The average molecular weight is 503 g/mol. The van der Waals surface area contributed by atoms with Crippen molar-refractivity contribution in [3.63, 3.8) is 0 Å². The summed E-state index contributed by atoms with van der Waals surface area (Å²) in [5.74, 6) is -0.815. The van der Waals surface area contributed by atoms with Crippen LogP contribution in [0, 0.1) is 31.0 Å². The summed E-state index contributed by atoms with van der Waals surface area (Å²) in [5.41, 5.74) is 1.50. The molecule has 0 atom stereocenters. The van der Waals surface area contributed by atoms with Gasteiger partial charge in [0.2, 0.25) is 0 Å². The molecule has 184 valence electrons. The van der Waals surface area contributed by atoms with Crippen LogP contribution in [0.25, 0.3) is 44.9 Å². The van der Waals surface area contributed by atoms with Gasteiger partial charge < -0.3 is 0 Å². The van der Waals surface area contributed by atoms with Gasteiger partial charge in [0.25, 0.3) is 0 Å². The van der Waals surface area contributed by atoms with E-state index < -0.39 is 17.6 Å². The van der Waals surface area contributed by atoms with Crippen molar-refractivity contribution < 1.29 is 17.6 Å². The number of rotatable bonds is 3. The molecule has 37 heavy (non-hydrogen) atoms. The lowest BCUT2D eigenvalue weighted by Crippen LogP contribution is -2.07. The van der Waals surface area contributed by atoms with Crippen molar-refractivity contribution in [1.82, 2.24) is 29.7 Å². The summed E-state index contributed by atoms with van der Waals surface area (Å²) in [4.78, 5) is 17.8. The average Bonchev–Trinajstić information content (AvgIpc) is 3.30. The number of aryl methyl sites for hydroxylation is 3. The Morgan fingerprint density at radius 1 is 0.892 bits per heavy atom. The third kappa shape index (κ3) is 4.49. The van der Waals surface area contributed by atoms with Gasteiger partial charge in [-0.05, 0) is 55.8 Å². The number of benzene rings is 2. The smallest absolute Gasteiger partial charge is 0.275 e. The maximum atomic E-state index is 15.1. The molecule has 0 saturated carbocycles. The van der Waals surface area contributed by atoms with Gasteiger partial charge in [0.1, 0.15) is 17.0 Å². The van der Waals surface area contributed by atoms with Gasteiger partial charge in [-0.1, -0.05) is 0 Å². The number of halogens is 4. The predicted molar refractivity (Wildman–Crippen MR) is 127 cm³/mol. The molecule has 2 aromatic carbocycles. The SMILES string of the molecule is Cc1nc2nc(-c3cc(-c4cnn(C)c4)cc(C(F)(F)F)c3)nc(-c3ccc(C#N)cc3F)c2nc1C. The summed E-state index contributed by atoms with van der Waals surface area (Å²) in [7, 11) is 1.66. The molecule has 3 heterocycles. The fraction of sp³-hybridized carbons (Fsp3) is 0.154. The normalized spacial score (nSPS) is 11.6. The number of alkyl halides is 3. The summed E-state index contributed by atoms with van der Waals surface area (Å²) >= 11 is 0. The zero-order chi connectivity index (χ0) is 26.5. The number of hydrogen-bond acceptors (Lipinski definition) is 6. The van der Waals surface area contributed by atoms with E-state index in [9.17, 15) is 13.2 Å². The van der Waals surface area contributed by atoms with Crippen molar-refractivity contribution in [1.29, 1.82) is 5.26 Å². The topological polar surface area (TPSA) is 93.2 Å². The monoisotopic (exact) mass is 503 g/mol. The Hall–Kier alpha value is -4.72. The molecule has 0 N–H and O–H groups in total. The van der Waals surface area contributed by atoms with Gasteiger partial charge in [0, 0.05) is 29.9 Å². The van der Waals surface area contributed by atoms with E-state index in [1.165, 1.54) is 29.1 Å². The molecule has 0 radical (unpaired) electrons. The molecule has 0 aliphatic heterocycles. The van der Waals surface area contributed by atoms with Crippen LogP contribution in [0.2, 0.25) is 0 Å². The molecule has 0 fully saturated rings. The maximum absolute atomic E-state index is 15.1. The molecule has 7 nitrogen and oxygen atoms in total.